The smallest absolute Gasteiger partial charge is 0.262 e. The number of benzene rings is 2. The Hall–Kier alpha value is -2.11. The number of carbonyl (C=O) groups is 1. The van der Waals surface area contributed by atoms with E-state index in [1.54, 1.807) is 30.3 Å². The Kier molecular flexibility index (Phi) is 3.53. The molecule has 3 rings (SSSR count). The summed E-state index contributed by atoms with van der Waals surface area (Å²) < 4.78 is 10.9. The van der Waals surface area contributed by atoms with Crippen LogP contribution in [0.5, 0.6) is 17.2 Å². The highest BCUT2D eigenvalue weighted by Crippen LogP contribution is 2.39. The van der Waals surface area contributed by atoms with Crippen molar-refractivity contribution in [3.05, 3.63) is 40.4 Å². The van der Waals surface area contributed by atoms with Crippen LogP contribution in [0.3, 0.4) is 0 Å². The third-order valence-corrected chi connectivity index (χ3v) is 3.25. The first kappa shape index (κ1) is 13.9. The third-order valence-electron chi connectivity index (χ3n) is 2.81. The zero-order valence-corrected chi connectivity index (χ0v) is 12.2. The van der Waals surface area contributed by atoms with Gasteiger partial charge in [0.25, 0.3) is 5.91 Å². The monoisotopic (exact) mass is 324 g/mol. The molecule has 7 heteroatoms. The van der Waals surface area contributed by atoms with E-state index in [2.05, 4.69) is 5.32 Å². The van der Waals surface area contributed by atoms with Gasteiger partial charge in [0.05, 0.1) is 11.4 Å². The molecule has 3 N–H and O–H groups in total. The summed E-state index contributed by atoms with van der Waals surface area (Å²) in [6, 6.07) is 8.01. The van der Waals surface area contributed by atoms with E-state index in [1.165, 1.54) is 0 Å². The standard InChI is InChI=1S/C14H10Cl2N2O3/c15-7-1-8(16)3-9(2-7)21-12-5-11-13(4-10(12)17)20-6-14(19)18-11/h1-5H,6,17H2,(H,18,19). The SMILES string of the molecule is Nc1cc2c(cc1Oc1cc(Cl)cc(Cl)c1)NC(=O)CO2. The lowest BCUT2D eigenvalue weighted by molar-refractivity contribution is -0.118. The highest BCUT2D eigenvalue weighted by molar-refractivity contribution is 6.34. The largest absolute Gasteiger partial charge is 0.481 e. The summed E-state index contributed by atoms with van der Waals surface area (Å²) in [6.45, 7) is -0.0312. The number of fused-ring (bicyclic) bond motifs is 1. The number of hydrogen-bond acceptors (Lipinski definition) is 4. The van der Waals surface area contributed by atoms with Crippen molar-refractivity contribution in [1.82, 2.24) is 0 Å². The van der Waals surface area contributed by atoms with E-state index in [9.17, 15) is 4.79 Å². The molecule has 1 aliphatic heterocycles. The molecule has 0 atom stereocenters. The fourth-order valence-electron chi connectivity index (χ4n) is 1.93. The van der Waals surface area contributed by atoms with E-state index >= 15 is 0 Å². The molecular formula is C14H10Cl2N2O3. The van der Waals surface area contributed by atoms with E-state index in [-0.39, 0.29) is 12.5 Å². The highest BCUT2D eigenvalue weighted by atomic mass is 35.5. The minimum Gasteiger partial charge on any atom is -0.481 e. The van der Waals surface area contributed by atoms with Gasteiger partial charge in [-0.1, -0.05) is 23.2 Å². The van der Waals surface area contributed by atoms with Crippen LogP contribution >= 0.6 is 23.2 Å². The maximum Gasteiger partial charge on any atom is 0.262 e. The molecule has 108 valence electrons. The normalized spacial score (nSPS) is 13.1. The number of halogens is 2. The number of nitrogens with two attached hydrogens (primary N) is 1. The van der Waals surface area contributed by atoms with Crippen LogP contribution in [0.25, 0.3) is 0 Å². The lowest BCUT2D eigenvalue weighted by Crippen LogP contribution is -2.25. The van der Waals surface area contributed by atoms with Crippen molar-refractivity contribution < 1.29 is 14.3 Å². The Morgan fingerprint density at radius 1 is 1.14 bits per heavy atom. The average molecular weight is 325 g/mol. The van der Waals surface area contributed by atoms with Crippen LogP contribution in [0.1, 0.15) is 0 Å². The molecule has 1 heterocycles. The van der Waals surface area contributed by atoms with Gasteiger partial charge < -0.3 is 20.5 Å². The fourth-order valence-corrected chi connectivity index (χ4v) is 2.43. The summed E-state index contributed by atoms with van der Waals surface area (Å²) in [6.07, 6.45) is 0. The van der Waals surface area contributed by atoms with Gasteiger partial charge in [-0.05, 0) is 18.2 Å². The molecule has 1 aliphatic rings. The average Bonchev–Trinajstić information content (AvgIpc) is 2.39. The van der Waals surface area contributed by atoms with Crippen molar-refractivity contribution in [2.24, 2.45) is 0 Å². The molecule has 5 nitrogen and oxygen atoms in total. The molecule has 0 unspecified atom stereocenters. The first-order chi connectivity index (χ1) is 10.0. The topological polar surface area (TPSA) is 73.6 Å². The second kappa shape index (κ2) is 5.35. The van der Waals surface area contributed by atoms with Crippen molar-refractivity contribution in [2.75, 3.05) is 17.7 Å². The van der Waals surface area contributed by atoms with Gasteiger partial charge in [-0.25, -0.2) is 0 Å². The van der Waals surface area contributed by atoms with Crippen LogP contribution in [-0.4, -0.2) is 12.5 Å². The van der Waals surface area contributed by atoms with E-state index in [1.807, 2.05) is 0 Å². The van der Waals surface area contributed by atoms with Gasteiger partial charge >= 0.3 is 0 Å². The summed E-state index contributed by atoms with van der Waals surface area (Å²) >= 11 is 11.8. The molecular weight excluding hydrogens is 315 g/mol. The van der Waals surface area contributed by atoms with Gasteiger partial charge in [0.1, 0.15) is 11.5 Å². The van der Waals surface area contributed by atoms with Crippen LogP contribution < -0.4 is 20.5 Å². The number of nitrogens with one attached hydrogen (secondary N) is 1. The van der Waals surface area contributed by atoms with Gasteiger partial charge in [0.2, 0.25) is 0 Å². The number of nitrogen functional groups attached to an aromatic ring is 1. The minimum absolute atomic E-state index is 0.0312. The summed E-state index contributed by atoms with van der Waals surface area (Å²) in [5.74, 6) is 1.09. The van der Waals surface area contributed by atoms with E-state index in [4.69, 9.17) is 38.4 Å². The molecule has 0 bridgehead atoms. The van der Waals surface area contributed by atoms with Crippen molar-refractivity contribution >= 4 is 40.5 Å². The molecule has 0 aromatic heterocycles. The highest BCUT2D eigenvalue weighted by Gasteiger charge is 2.18. The van der Waals surface area contributed by atoms with Crippen LogP contribution in [0.2, 0.25) is 10.0 Å². The second-order valence-corrected chi connectivity index (χ2v) is 5.30. The molecule has 21 heavy (non-hydrogen) atoms. The summed E-state index contributed by atoms with van der Waals surface area (Å²) in [5, 5.41) is 3.58. The first-order valence-corrected chi connectivity index (χ1v) is 6.77. The quantitative estimate of drug-likeness (QED) is 0.826. The van der Waals surface area contributed by atoms with Crippen molar-refractivity contribution in [1.29, 1.82) is 0 Å². The van der Waals surface area contributed by atoms with E-state index < -0.39 is 0 Å². The Balaban J connectivity index is 1.95. The minimum atomic E-state index is -0.232. The zero-order valence-electron chi connectivity index (χ0n) is 10.7. The fraction of sp³-hybridized carbons (Fsp3) is 0.0714. The van der Waals surface area contributed by atoms with Gasteiger partial charge in [-0.3, -0.25) is 4.79 Å². The molecule has 1 amide bonds. The van der Waals surface area contributed by atoms with Crippen molar-refractivity contribution in [3.8, 4) is 17.2 Å². The molecule has 2 aromatic carbocycles. The lowest BCUT2D eigenvalue weighted by Gasteiger charge is -2.20. The molecule has 2 aromatic rings. The molecule has 0 saturated heterocycles. The van der Waals surface area contributed by atoms with Crippen LogP contribution in [0.4, 0.5) is 11.4 Å². The first-order valence-electron chi connectivity index (χ1n) is 6.01. The maximum absolute atomic E-state index is 11.3. The van der Waals surface area contributed by atoms with Gasteiger partial charge in [-0.2, -0.15) is 0 Å². The number of hydrogen-bond donors (Lipinski definition) is 2. The Labute approximate surface area is 130 Å². The number of rotatable bonds is 2. The van der Waals surface area contributed by atoms with Crippen molar-refractivity contribution in [2.45, 2.75) is 0 Å². The number of ether oxygens (including phenoxy) is 2. The predicted molar refractivity (Wildman–Crippen MR) is 81.5 cm³/mol. The molecule has 0 aliphatic carbocycles. The van der Waals surface area contributed by atoms with Gasteiger partial charge in [-0.15, -0.1) is 0 Å². The van der Waals surface area contributed by atoms with Crippen LogP contribution in [-0.2, 0) is 4.79 Å². The second-order valence-electron chi connectivity index (χ2n) is 4.43. The van der Waals surface area contributed by atoms with Crippen LogP contribution in [0.15, 0.2) is 30.3 Å². The van der Waals surface area contributed by atoms with Gasteiger partial charge in [0.15, 0.2) is 12.4 Å². The summed E-state index contributed by atoms with van der Waals surface area (Å²) in [5.41, 5.74) is 6.80. The van der Waals surface area contributed by atoms with Crippen LogP contribution in [0, 0.1) is 0 Å². The number of anilines is 2. The van der Waals surface area contributed by atoms with E-state index in [0.717, 1.165) is 0 Å². The summed E-state index contributed by atoms with van der Waals surface area (Å²) in [4.78, 5) is 11.3. The Morgan fingerprint density at radius 3 is 2.57 bits per heavy atom. The molecule has 0 spiro atoms. The molecule has 0 fully saturated rings. The summed E-state index contributed by atoms with van der Waals surface area (Å²) in [7, 11) is 0. The van der Waals surface area contributed by atoms with Gasteiger partial charge in [0, 0.05) is 22.2 Å². The predicted octanol–water partition coefficient (Wildman–Crippen LogP) is 3.70. The third kappa shape index (κ3) is 2.99. The molecule has 0 radical (unpaired) electrons. The molecule has 0 saturated carbocycles. The maximum atomic E-state index is 11.3. The van der Waals surface area contributed by atoms with E-state index in [0.29, 0.717) is 38.7 Å². The Bertz CT molecular complexity index is 714. The van der Waals surface area contributed by atoms with Crippen molar-refractivity contribution in [3.63, 3.8) is 0 Å². The number of carbonyl (C=O) groups excluding carboxylic acids is 1. The lowest BCUT2D eigenvalue weighted by atomic mass is 10.2. The number of amides is 1. The zero-order chi connectivity index (χ0) is 15.0. The Morgan fingerprint density at radius 2 is 1.86 bits per heavy atom.